The van der Waals surface area contributed by atoms with Gasteiger partial charge in [-0.1, -0.05) is 6.07 Å². The molecule has 13 heteroatoms. The van der Waals surface area contributed by atoms with Crippen LogP contribution in [-0.4, -0.2) is 99.0 Å². The van der Waals surface area contributed by atoms with E-state index in [1.807, 2.05) is 0 Å². The Bertz CT molecular complexity index is 1090. The molecule has 5 amide bonds. The summed E-state index contributed by atoms with van der Waals surface area (Å²) in [7, 11) is 0. The molecule has 2 aliphatic rings. The molecular weight excluding hydrogens is 524 g/mol. The van der Waals surface area contributed by atoms with E-state index in [9.17, 15) is 24.0 Å². The Balaban J connectivity index is 1.30. The normalized spacial score (nSPS) is 17.4. The second-order valence-electron chi connectivity index (χ2n) is 10.2. The van der Waals surface area contributed by atoms with Gasteiger partial charge in [-0.3, -0.25) is 29.4 Å². The van der Waals surface area contributed by atoms with Crippen molar-refractivity contribution in [2.45, 2.75) is 51.7 Å². The summed E-state index contributed by atoms with van der Waals surface area (Å²) in [4.78, 5) is 62.8. The summed E-state index contributed by atoms with van der Waals surface area (Å²) in [6.45, 7) is 8.25. The molecule has 13 nitrogen and oxygen atoms in total. The number of alkyl carbamates (subject to hydrolysis) is 1. The Kier molecular flexibility index (Phi) is 11.4. The molecule has 2 heterocycles. The SMILES string of the molecule is CC(C)(C)OC(=O)NCCOCCOCCOCCNc1cccc2c1C(=O)N([C@H]1CCCC(=O)NC1=O)C2=O. The van der Waals surface area contributed by atoms with E-state index in [-0.39, 0.29) is 24.0 Å². The average Bonchev–Trinajstić information content (AvgIpc) is 3.01. The minimum atomic E-state index is -1.02. The molecule has 1 aromatic carbocycles. The summed E-state index contributed by atoms with van der Waals surface area (Å²) in [5, 5.41) is 7.97. The Morgan fingerprint density at radius 1 is 0.950 bits per heavy atom. The van der Waals surface area contributed by atoms with Gasteiger partial charge in [0.2, 0.25) is 11.8 Å². The van der Waals surface area contributed by atoms with E-state index in [0.717, 1.165) is 4.90 Å². The maximum absolute atomic E-state index is 13.2. The third kappa shape index (κ3) is 9.00. The third-order valence-corrected chi connectivity index (χ3v) is 5.93. The molecule has 0 aromatic heterocycles. The molecule has 0 bridgehead atoms. The number of hydrogen-bond donors (Lipinski definition) is 3. The van der Waals surface area contributed by atoms with Gasteiger partial charge in [0, 0.05) is 25.2 Å². The second kappa shape index (κ2) is 14.7. The predicted molar refractivity (Wildman–Crippen MR) is 143 cm³/mol. The summed E-state index contributed by atoms with van der Waals surface area (Å²) in [5.41, 5.74) is 0.358. The van der Waals surface area contributed by atoms with Gasteiger partial charge >= 0.3 is 6.09 Å². The van der Waals surface area contributed by atoms with Gasteiger partial charge in [0.1, 0.15) is 11.6 Å². The highest BCUT2D eigenvalue weighted by Crippen LogP contribution is 2.32. The molecule has 3 N–H and O–H groups in total. The number of ether oxygens (including phenoxy) is 4. The van der Waals surface area contributed by atoms with Crippen molar-refractivity contribution in [1.82, 2.24) is 15.5 Å². The van der Waals surface area contributed by atoms with Gasteiger partial charge in [0.25, 0.3) is 11.8 Å². The first-order valence-corrected chi connectivity index (χ1v) is 13.4. The number of hydrogen-bond acceptors (Lipinski definition) is 10. The third-order valence-electron chi connectivity index (χ3n) is 5.93. The van der Waals surface area contributed by atoms with Crippen LogP contribution in [0.25, 0.3) is 0 Å². The van der Waals surface area contributed by atoms with Crippen LogP contribution in [0.5, 0.6) is 0 Å². The maximum atomic E-state index is 13.2. The van der Waals surface area contributed by atoms with Crippen molar-refractivity contribution < 1.29 is 42.9 Å². The Morgan fingerprint density at radius 3 is 2.27 bits per heavy atom. The van der Waals surface area contributed by atoms with Crippen molar-refractivity contribution in [1.29, 1.82) is 0 Å². The highest BCUT2D eigenvalue weighted by Gasteiger charge is 2.44. The number of rotatable bonds is 14. The number of nitrogens with zero attached hydrogens (tertiary/aromatic N) is 1. The number of amides is 5. The van der Waals surface area contributed by atoms with Crippen LogP contribution >= 0.6 is 0 Å². The minimum absolute atomic E-state index is 0.173. The second-order valence-corrected chi connectivity index (χ2v) is 10.2. The molecule has 1 atom stereocenters. The number of anilines is 1. The molecule has 0 radical (unpaired) electrons. The summed E-state index contributed by atoms with van der Waals surface area (Å²) in [5.74, 6) is -2.15. The summed E-state index contributed by atoms with van der Waals surface area (Å²) < 4.78 is 21.5. The van der Waals surface area contributed by atoms with E-state index >= 15 is 0 Å². The van der Waals surface area contributed by atoms with E-state index in [2.05, 4.69) is 16.0 Å². The number of fused-ring (bicyclic) bond motifs is 1. The zero-order chi connectivity index (χ0) is 29.1. The van der Waals surface area contributed by atoms with Crippen LogP contribution in [0, 0.1) is 0 Å². The molecule has 40 heavy (non-hydrogen) atoms. The minimum Gasteiger partial charge on any atom is -0.444 e. The monoisotopic (exact) mass is 562 g/mol. The maximum Gasteiger partial charge on any atom is 0.407 e. The molecule has 0 aliphatic carbocycles. The zero-order valence-corrected chi connectivity index (χ0v) is 23.2. The van der Waals surface area contributed by atoms with Crippen LogP contribution < -0.4 is 16.0 Å². The Hall–Kier alpha value is -3.55. The number of carbonyl (C=O) groups excluding carboxylic acids is 5. The molecule has 3 rings (SSSR count). The van der Waals surface area contributed by atoms with E-state index in [1.165, 1.54) is 0 Å². The summed E-state index contributed by atoms with van der Waals surface area (Å²) in [6, 6.07) is 3.89. The van der Waals surface area contributed by atoms with Gasteiger partial charge in [-0.05, 0) is 45.7 Å². The number of benzene rings is 1. The molecule has 0 saturated carbocycles. The molecule has 0 spiro atoms. The molecule has 1 aromatic rings. The van der Waals surface area contributed by atoms with Crippen LogP contribution in [0.2, 0.25) is 0 Å². The van der Waals surface area contributed by atoms with Crippen molar-refractivity contribution in [3.05, 3.63) is 29.3 Å². The fraction of sp³-hybridized carbons (Fsp3) is 0.593. The summed E-state index contributed by atoms with van der Waals surface area (Å²) in [6.07, 6.45) is 0.327. The van der Waals surface area contributed by atoms with Crippen molar-refractivity contribution in [2.24, 2.45) is 0 Å². The van der Waals surface area contributed by atoms with Gasteiger partial charge in [0.05, 0.1) is 50.8 Å². The number of carbonyl (C=O) groups is 5. The lowest BCUT2D eigenvalue weighted by Gasteiger charge is -2.23. The number of imide groups is 2. The van der Waals surface area contributed by atoms with Crippen molar-refractivity contribution in [3.63, 3.8) is 0 Å². The highest BCUT2D eigenvalue weighted by atomic mass is 16.6. The van der Waals surface area contributed by atoms with Gasteiger partial charge in [-0.15, -0.1) is 0 Å². The first-order chi connectivity index (χ1) is 19.1. The smallest absolute Gasteiger partial charge is 0.407 e. The lowest BCUT2D eigenvalue weighted by atomic mass is 10.1. The first kappa shape index (κ1) is 31.0. The van der Waals surface area contributed by atoms with E-state index in [0.29, 0.717) is 64.8 Å². The van der Waals surface area contributed by atoms with Gasteiger partial charge in [0.15, 0.2) is 0 Å². The molecule has 2 aliphatic heterocycles. The highest BCUT2D eigenvalue weighted by molar-refractivity contribution is 6.25. The fourth-order valence-corrected chi connectivity index (χ4v) is 4.19. The van der Waals surface area contributed by atoms with Gasteiger partial charge in [-0.2, -0.15) is 0 Å². The van der Waals surface area contributed by atoms with Crippen LogP contribution in [-0.2, 0) is 28.5 Å². The van der Waals surface area contributed by atoms with E-state index in [4.69, 9.17) is 18.9 Å². The molecule has 1 saturated heterocycles. The Labute approximate surface area is 233 Å². The van der Waals surface area contributed by atoms with Gasteiger partial charge in [-0.25, -0.2) is 4.79 Å². The van der Waals surface area contributed by atoms with Gasteiger partial charge < -0.3 is 29.6 Å². The lowest BCUT2D eigenvalue weighted by Crippen LogP contribution is -2.49. The molecule has 1 fully saturated rings. The van der Waals surface area contributed by atoms with Crippen molar-refractivity contribution in [2.75, 3.05) is 58.0 Å². The number of nitrogens with one attached hydrogen (secondary N) is 3. The predicted octanol–water partition coefficient (Wildman–Crippen LogP) is 1.46. The first-order valence-electron chi connectivity index (χ1n) is 13.4. The standard InChI is InChI=1S/C27H38N4O9/c1-27(2,3)40-26(36)29-11-13-38-15-17-39-16-14-37-12-10-28-19-7-4-6-18-22(19)25(35)31(24(18)34)20-8-5-9-21(32)30-23(20)33/h4,6-7,20,28H,5,8-17H2,1-3H3,(H,29,36)(H,30,32,33)/t20-/m0/s1. The quantitative estimate of drug-likeness (QED) is 0.224. The van der Waals surface area contributed by atoms with Crippen LogP contribution in [0.3, 0.4) is 0 Å². The van der Waals surface area contributed by atoms with Crippen LogP contribution in [0.15, 0.2) is 18.2 Å². The summed E-state index contributed by atoms with van der Waals surface area (Å²) >= 11 is 0. The Morgan fingerprint density at radius 2 is 1.60 bits per heavy atom. The lowest BCUT2D eigenvalue weighted by molar-refractivity contribution is -0.131. The van der Waals surface area contributed by atoms with Crippen molar-refractivity contribution >= 4 is 35.4 Å². The zero-order valence-electron chi connectivity index (χ0n) is 23.2. The van der Waals surface area contributed by atoms with Crippen LogP contribution in [0.4, 0.5) is 10.5 Å². The topological polar surface area (TPSA) is 162 Å². The van der Waals surface area contributed by atoms with E-state index < -0.39 is 41.4 Å². The molecule has 220 valence electrons. The average molecular weight is 563 g/mol. The molecular formula is C27H38N4O9. The van der Waals surface area contributed by atoms with Crippen molar-refractivity contribution in [3.8, 4) is 0 Å². The van der Waals surface area contributed by atoms with Crippen LogP contribution in [0.1, 0.15) is 60.7 Å². The molecule has 0 unspecified atom stereocenters. The largest absolute Gasteiger partial charge is 0.444 e. The fourth-order valence-electron chi connectivity index (χ4n) is 4.19. The van der Waals surface area contributed by atoms with E-state index in [1.54, 1.807) is 39.0 Å².